The summed E-state index contributed by atoms with van der Waals surface area (Å²) in [6.45, 7) is 3.40. The SMILES string of the molecule is O[n+]1cc(CNc2cc(-c3ccccc3)nc3c(Br)cnn23)ccc1N1CCOCC1. The van der Waals surface area contributed by atoms with Gasteiger partial charge in [-0.05, 0) is 22.0 Å². The maximum Gasteiger partial charge on any atom is 0.316 e. The van der Waals surface area contributed by atoms with Gasteiger partial charge in [0.1, 0.15) is 25.1 Å². The first-order chi connectivity index (χ1) is 15.2. The molecule has 0 unspecified atom stereocenters. The lowest BCUT2D eigenvalue weighted by Gasteiger charge is -2.22. The first-order valence-corrected chi connectivity index (χ1v) is 10.9. The van der Waals surface area contributed by atoms with Crippen molar-refractivity contribution < 1.29 is 14.7 Å². The highest BCUT2D eigenvalue weighted by Gasteiger charge is 2.22. The van der Waals surface area contributed by atoms with Crippen molar-refractivity contribution in [1.82, 2.24) is 14.6 Å². The number of ether oxygens (including phenoxy) is 1. The average molecular weight is 482 g/mol. The van der Waals surface area contributed by atoms with E-state index in [-0.39, 0.29) is 0 Å². The fourth-order valence-electron chi connectivity index (χ4n) is 3.68. The molecule has 158 valence electrons. The third-order valence-corrected chi connectivity index (χ3v) is 5.84. The highest BCUT2D eigenvalue weighted by molar-refractivity contribution is 9.10. The molecule has 1 aliphatic heterocycles. The summed E-state index contributed by atoms with van der Waals surface area (Å²) in [5.41, 5.74) is 3.57. The fourth-order valence-corrected chi connectivity index (χ4v) is 4.03. The summed E-state index contributed by atoms with van der Waals surface area (Å²) in [5, 5.41) is 18.3. The molecule has 2 N–H and O–H groups in total. The van der Waals surface area contributed by atoms with Gasteiger partial charge in [-0.25, -0.2) is 4.98 Å². The molecule has 0 radical (unpaired) electrons. The predicted molar refractivity (Wildman–Crippen MR) is 120 cm³/mol. The number of rotatable bonds is 5. The number of halogens is 1. The second-order valence-corrected chi connectivity index (χ2v) is 8.17. The number of anilines is 2. The summed E-state index contributed by atoms with van der Waals surface area (Å²) in [5.74, 6) is 1.58. The highest BCUT2D eigenvalue weighted by atomic mass is 79.9. The lowest BCUT2D eigenvalue weighted by atomic mass is 10.1. The number of nitrogens with zero attached hydrogens (tertiary/aromatic N) is 5. The highest BCUT2D eigenvalue weighted by Crippen LogP contribution is 2.26. The molecule has 4 heterocycles. The third kappa shape index (κ3) is 4.06. The van der Waals surface area contributed by atoms with Gasteiger partial charge in [0.15, 0.2) is 5.65 Å². The molecule has 1 fully saturated rings. The van der Waals surface area contributed by atoms with Crippen molar-refractivity contribution in [2.45, 2.75) is 6.54 Å². The number of hydrogen-bond acceptors (Lipinski definition) is 6. The minimum absolute atomic E-state index is 0.523. The van der Waals surface area contributed by atoms with Gasteiger partial charge in [-0.15, -0.1) is 0 Å². The van der Waals surface area contributed by atoms with Gasteiger partial charge in [-0.2, -0.15) is 9.61 Å². The Morgan fingerprint density at radius 2 is 1.94 bits per heavy atom. The predicted octanol–water partition coefficient (Wildman–Crippen LogP) is 3.13. The van der Waals surface area contributed by atoms with Gasteiger partial charge >= 0.3 is 5.82 Å². The van der Waals surface area contributed by atoms with Crippen LogP contribution in [-0.2, 0) is 11.3 Å². The number of nitrogens with one attached hydrogen (secondary N) is 1. The van der Waals surface area contributed by atoms with Crippen LogP contribution in [0.3, 0.4) is 0 Å². The fraction of sp³-hybridized carbons (Fsp3) is 0.227. The Balaban J connectivity index is 1.41. The zero-order valence-electron chi connectivity index (χ0n) is 16.8. The normalized spacial score (nSPS) is 14.2. The molecule has 8 nitrogen and oxygen atoms in total. The van der Waals surface area contributed by atoms with Crippen LogP contribution >= 0.6 is 15.9 Å². The molecule has 0 aliphatic carbocycles. The molecule has 4 aromatic rings. The van der Waals surface area contributed by atoms with Crippen molar-refractivity contribution in [3.8, 4) is 11.3 Å². The summed E-state index contributed by atoms with van der Waals surface area (Å²) < 4.78 is 9.18. The number of hydrogen-bond donors (Lipinski definition) is 2. The van der Waals surface area contributed by atoms with E-state index in [1.54, 1.807) is 16.9 Å². The summed E-state index contributed by atoms with van der Waals surface area (Å²) >= 11 is 3.54. The monoisotopic (exact) mass is 481 g/mol. The maximum absolute atomic E-state index is 10.5. The van der Waals surface area contributed by atoms with Crippen molar-refractivity contribution in [2.75, 3.05) is 36.5 Å². The van der Waals surface area contributed by atoms with Crippen LogP contribution in [0.15, 0.2) is 65.4 Å². The van der Waals surface area contributed by atoms with E-state index in [4.69, 9.17) is 9.72 Å². The summed E-state index contributed by atoms with van der Waals surface area (Å²) in [4.78, 5) is 6.86. The van der Waals surface area contributed by atoms with E-state index in [9.17, 15) is 5.21 Å². The summed E-state index contributed by atoms with van der Waals surface area (Å²) in [6, 6.07) is 16.0. The van der Waals surface area contributed by atoms with Gasteiger partial charge in [0, 0.05) is 29.8 Å². The van der Waals surface area contributed by atoms with Crippen molar-refractivity contribution in [2.24, 2.45) is 0 Å². The smallest absolute Gasteiger partial charge is 0.316 e. The Hall–Kier alpha value is -3.17. The van der Waals surface area contributed by atoms with E-state index in [1.807, 2.05) is 48.5 Å². The Bertz CT molecular complexity index is 1210. The number of morpholine rings is 1. The molecule has 0 amide bonds. The Kier molecular flexibility index (Phi) is 5.44. The second kappa shape index (κ2) is 8.52. The van der Waals surface area contributed by atoms with E-state index < -0.39 is 0 Å². The molecule has 0 spiro atoms. The standard InChI is InChI=1S/C22H22BrN6O2/c23-18-14-25-29-20(12-19(26-22(18)29)17-4-2-1-3-5-17)24-13-16-6-7-21(28(30)15-16)27-8-10-31-11-9-27/h1-7,12,14-15,24,30H,8-11,13H2/q+1. The molecule has 31 heavy (non-hydrogen) atoms. The van der Waals surface area contributed by atoms with Gasteiger partial charge in [-0.1, -0.05) is 35.1 Å². The van der Waals surface area contributed by atoms with Gasteiger partial charge in [0.25, 0.3) is 0 Å². The van der Waals surface area contributed by atoms with Gasteiger partial charge in [0.05, 0.1) is 29.6 Å². The van der Waals surface area contributed by atoms with Crippen molar-refractivity contribution in [3.63, 3.8) is 0 Å². The first-order valence-electron chi connectivity index (χ1n) is 10.1. The van der Waals surface area contributed by atoms with E-state index in [0.29, 0.717) is 19.8 Å². The minimum Gasteiger partial charge on any atom is -0.373 e. The molecular formula is C22H22BrN6O2+. The minimum atomic E-state index is 0.523. The second-order valence-electron chi connectivity index (χ2n) is 7.31. The quantitative estimate of drug-likeness (QED) is 0.336. The lowest BCUT2D eigenvalue weighted by Crippen LogP contribution is -2.45. The van der Waals surface area contributed by atoms with Crippen LogP contribution < -0.4 is 14.9 Å². The van der Waals surface area contributed by atoms with Crippen LogP contribution in [0.5, 0.6) is 0 Å². The van der Waals surface area contributed by atoms with E-state index in [0.717, 1.165) is 51.7 Å². The number of aromatic nitrogens is 4. The zero-order valence-corrected chi connectivity index (χ0v) is 18.4. The van der Waals surface area contributed by atoms with Crippen molar-refractivity contribution in [3.05, 3.63) is 71.0 Å². The third-order valence-electron chi connectivity index (χ3n) is 5.28. The molecule has 1 aliphatic rings. The van der Waals surface area contributed by atoms with Crippen LogP contribution in [-0.4, -0.2) is 46.1 Å². The summed E-state index contributed by atoms with van der Waals surface area (Å²) in [7, 11) is 0. The summed E-state index contributed by atoms with van der Waals surface area (Å²) in [6.07, 6.45) is 3.47. The molecule has 1 aromatic carbocycles. The molecule has 1 saturated heterocycles. The molecule has 9 heteroatoms. The zero-order chi connectivity index (χ0) is 21.2. The molecule has 3 aromatic heterocycles. The maximum atomic E-state index is 10.5. The number of pyridine rings is 1. The van der Waals surface area contributed by atoms with Crippen LogP contribution in [0.1, 0.15) is 5.56 Å². The lowest BCUT2D eigenvalue weighted by molar-refractivity contribution is -0.894. The van der Waals surface area contributed by atoms with Crippen LogP contribution in [0, 0.1) is 0 Å². The van der Waals surface area contributed by atoms with Crippen molar-refractivity contribution in [1.29, 1.82) is 0 Å². The van der Waals surface area contributed by atoms with Gasteiger partial charge in [-0.3, -0.25) is 4.90 Å². The Labute approximate surface area is 187 Å². The molecule has 0 bridgehead atoms. The number of fused-ring (bicyclic) bond motifs is 1. The van der Waals surface area contributed by atoms with Gasteiger partial charge in [0.2, 0.25) is 0 Å². The first kappa shape index (κ1) is 19.8. The van der Waals surface area contributed by atoms with Crippen LogP contribution in [0.25, 0.3) is 16.9 Å². The average Bonchev–Trinajstić information content (AvgIpc) is 3.19. The molecule has 5 rings (SSSR count). The molecule has 0 atom stereocenters. The van der Waals surface area contributed by atoms with Crippen molar-refractivity contribution >= 4 is 33.2 Å². The van der Waals surface area contributed by atoms with E-state index >= 15 is 0 Å². The Morgan fingerprint density at radius 1 is 1.13 bits per heavy atom. The largest absolute Gasteiger partial charge is 0.373 e. The van der Waals surface area contributed by atoms with Crippen LogP contribution in [0.4, 0.5) is 11.6 Å². The number of benzene rings is 1. The topological polar surface area (TPSA) is 78.8 Å². The molecular weight excluding hydrogens is 460 g/mol. The van der Waals surface area contributed by atoms with Gasteiger partial charge < -0.3 is 15.3 Å². The van der Waals surface area contributed by atoms with Crippen LogP contribution in [0.2, 0.25) is 0 Å². The molecule has 0 saturated carbocycles. The van der Waals surface area contributed by atoms with E-state index in [2.05, 4.69) is 31.2 Å². The Morgan fingerprint density at radius 3 is 2.71 bits per heavy atom. The van der Waals surface area contributed by atoms with E-state index in [1.165, 1.54) is 4.73 Å².